The molecule has 0 spiro atoms. The molecular formula is C15H14BrIO. The predicted molar refractivity (Wildman–Crippen MR) is 86.6 cm³/mol. The average molecular weight is 417 g/mol. The van der Waals surface area contributed by atoms with Crippen molar-refractivity contribution in [1.82, 2.24) is 0 Å². The van der Waals surface area contributed by atoms with Gasteiger partial charge >= 0.3 is 0 Å². The molecule has 1 atom stereocenters. The molecule has 1 nitrogen and oxygen atoms in total. The standard InChI is InChI=1S/C15H14BrIO/c1-15(18,13-4-2-3-5-14(13)16)10-11-6-8-12(17)9-7-11/h2-9,18H,10H2,1H3. The Morgan fingerprint density at radius 2 is 1.72 bits per heavy atom. The summed E-state index contributed by atoms with van der Waals surface area (Å²) in [5.74, 6) is 0. The monoisotopic (exact) mass is 416 g/mol. The Morgan fingerprint density at radius 3 is 2.33 bits per heavy atom. The van der Waals surface area contributed by atoms with Crippen molar-refractivity contribution in [2.45, 2.75) is 18.9 Å². The maximum Gasteiger partial charge on any atom is 0.0919 e. The molecule has 2 aromatic rings. The molecule has 1 unspecified atom stereocenters. The third kappa shape index (κ3) is 3.33. The number of halogens is 2. The van der Waals surface area contributed by atoms with Gasteiger partial charge in [-0.1, -0.05) is 46.3 Å². The summed E-state index contributed by atoms with van der Waals surface area (Å²) in [6, 6.07) is 16.1. The molecule has 0 aromatic heterocycles. The summed E-state index contributed by atoms with van der Waals surface area (Å²) in [4.78, 5) is 0. The van der Waals surface area contributed by atoms with Crippen LogP contribution in [0, 0.1) is 3.57 Å². The van der Waals surface area contributed by atoms with Crippen molar-refractivity contribution in [3.05, 3.63) is 67.7 Å². The molecule has 0 saturated carbocycles. The molecule has 3 heteroatoms. The Labute approximate surface area is 130 Å². The molecule has 1 N–H and O–H groups in total. The lowest BCUT2D eigenvalue weighted by atomic mass is 9.89. The first-order valence-corrected chi connectivity index (χ1v) is 7.58. The fourth-order valence-electron chi connectivity index (χ4n) is 1.99. The van der Waals surface area contributed by atoms with Crippen LogP contribution in [0.3, 0.4) is 0 Å². The highest BCUT2D eigenvalue weighted by molar-refractivity contribution is 14.1. The van der Waals surface area contributed by atoms with E-state index in [0.717, 1.165) is 15.6 Å². The molecule has 2 aromatic carbocycles. The number of rotatable bonds is 3. The number of hydrogen-bond acceptors (Lipinski definition) is 1. The van der Waals surface area contributed by atoms with E-state index in [1.165, 1.54) is 3.57 Å². The summed E-state index contributed by atoms with van der Waals surface area (Å²) in [6.45, 7) is 1.85. The minimum absolute atomic E-state index is 0.604. The highest BCUT2D eigenvalue weighted by Gasteiger charge is 2.25. The van der Waals surface area contributed by atoms with Gasteiger partial charge in [0.05, 0.1) is 5.60 Å². The van der Waals surface area contributed by atoms with Gasteiger partial charge in [-0.2, -0.15) is 0 Å². The zero-order valence-corrected chi connectivity index (χ0v) is 13.8. The van der Waals surface area contributed by atoms with Crippen molar-refractivity contribution >= 4 is 38.5 Å². The van der Waals surface area contributed by atoms with Crippen LogP contribution in [0.2, 0.25) is 0 Å². The zero-order chi connectivity index (χ0) is 13.2. The van der Waals surface area contributed by atoms with Gasteiger partial charge in [0.1, 0.15) is 0 Å². The van der Waals surface area contributed by atoms with Gasteiger partial charge in [0.25, 0.3) is 0 Å². The summed E-state index contributed by atoms with van der Waals surface area (Å²) >= 11 is 5.78. The fourth-order valence-corrected chi connectivity index (χ4v) is 3.06. The summed E-state index contributed by atoms with van der Waals surface area (Å²) in [7, 11) is 0. The van der Waals surface area contributed by atoms with E-state index in [4.69, 9.17) is 0 Å². The number of benzene rings is 2. The molecule has 0 bridgehead atoms. The van der Waals surface area contributed by atoms with Crippen LogP contribution in [0.5, 0.6) is 0 Å². The first kappa shape index (κ1) is 14.0. The Hall–Kier alpha value is -0.390. The van der Waals surface area contributed by atoms with Crippen molar-refractivity contribution in [1.29, 1.82) is 0 Å². The van der Waals surface area contributed by atoms with Crippen LogP contribution >= 0.6 is 38.5 Å². The molecule has 2 rings (SSSR count). The molecular weight excluding hydrogens is 403 g/mol. The number of hydrogen-bond donors (Lipinski definition) is 1. The Morgan fingerprint density at radius 1 is 1.11 bits per heavy atom. The molecule has 0 radical (unpaired) electrons. The van der Waals surface area contributed by atoms with Gasteiger partial charge in [-0.15, -0.1) is 0 Å². The van der Waals surface area contributed by atoms with Gasteiger partial charge < -0.3 is 5.11 Å². The van der Waals surface area contributed by atoms with Crippen molar-refractivity contribution in [2.75, 3.05) is 0 Å². The molecule has 0 heterocycles. The van der Waals surface area contributed by atoms with Gasteiger partial charge in [-0.3, -0.25) is 0 Å². The molecule has 0 aliphatic carbocycles. The van der Waals surface area contributed by atoms with Crippen molar-refractivity contribution in [3.63, 3.8) is 0 Å². The summed E-state index contributed by atoms with van der Waals surface area (Å²) in [6.07, 6.45) is 0.604. The zero-order valence-electron chi connectivity index (χ0n) is 10.0. The second kappa shape index (κ2) is 5.72. The summed E-state index contributed by atoms with van der Waals surface area (Å²) < 4.78 is 2.15. The normalized spacial score (nSPS) is 14.2. The van der Waals surface area contributed by atoms with E-state index in [1.54, 1.807) is 0 Å². The SMILES string of the molecule is CC(O)(Cc1ccc(I)cc1)c1ccccc1Br. The van der Waals surface area contributed by atoms with Crippen LogP contribution in [0.1, 0.15) is 18.1 Å². The quantitative estimate of drug-likeness (QED) is 0.730. The highest BCUT2D eigenvalue weighted by atomic mass is 127. The van der Waals surface area contributed by atoms with Crippen LogP contribution in [0.4, 0.5) is 0 Å². The summed E-state index contributed by atoms with van der Waals surface area (Å²) in [5, 5.41) is 10.7. The highest BCUT2D eigenvalue weighted by Crippen LogP contribution is 2.31. The van der Waals surface area contributed by atoms with Crippen LogP contribution < -0.4 is 0 Å². The Bertz CT molecular complexity index is 534. The molecule has 0 fully saturated rings. The lowest BCUT2D eigenvalue weighted by molar-refractivity contribution is 0.0569. The molecule has 0 amide bonds. The second-order valence-electron chi connectivity index (χ2n) is 4.56. The molecule has 18 heavy (non-hydrogen) atoms. The van der Waals surface area contributed by atoms with Gasteiger partial charge in [-0.05, 0) is 58.8 Å². The van der Waals surface area contributed by atoms with E-state index >= 15 is 0 Å². The van der Waals surface area contributed by atoms with Gasteiger partial charge in [0.15, 0.2) is 0 Å². The van der Waals surface area contributed by atoms with Gasteiger partial charge in [0, 0.05) is 14.5 Å². The first-order chi connectivity index (χ1) is 8.49. The third-order valence-electron chi connectivity index (χ3n) is 2.92. The summed E-state index contributed by atoms with van der Waals surface area (Å²) in [5.41, 5.74) is 1.19. The van der Waals surface area contributed by atoms with Crippen molar-refractivity contribution in [3.8, 4) is 0 Å². The van der Waals surface area contributed by atoms with Crippen LogP contribution in [0.15, 0.2) is 53.0 Å². The van der Waals surface area contributed by atoms with Crippen LogP contribution in [0.25, 0.3) is 0 Å². The predicted octanol–water partition coefficient (Wildman–Crippen LogP) is 4.50. The molecule has 0 saturated heterocycles. The van der Waals surface area contributed by atoms with Crippen LogP contribution in [-0.4, -0.2) is 5.11 Å². The van der Waals surface area contributed by atoms with Crippen molar-refractivity contribution < 1.29 is 5.11 Å². The van der Waals surface area contributed by atoms with Crippen LogP contribution in [-0.2, 0) is 12.0 Å². The van der Waals surface area contributed by atoms with E-state index in [1.807, 2.05) is 31.2 Å². The number of aliphatic hydroxyl groups is 1. The Balaban J connectivity index is 2.27. The average Bonchev–Trinajstić information content (AvgIpc) is 2.32. The van der Waals surface area contributed by atoms with Gasteiger partial charge in [-0.25, -0.2) is 0 Å². The largest absolute Gasteiger partial charge is 0.385 e. The molecule has 0 aliphatic rings. The van der Waals surface area contributed by atoms with E-state index < -0.39 is 5.60 Å². The maximum atomic E-state index is 10.7. The lowest BCUT2D eigenvalue weighted by Crippen LogP contribution is -2.24. The van der Waals surface area contributed by atoms with Gasteiger partial charge in [0.2, 0.25) is 0 Å². The minimum atomic E-state index is -0.868. The van der Waals surface area contributed by atoms with E-state index in [2.05, 4.69) is 62.8 Å². The Kier molecular flexibility index (Phi) is 4.45. The fraction of sp³-hybridized carbons (Fsp3) is 0.200. The molecule has 94 valence electrons. The van der Waals surface area contributed by atoms with E-state index in [0.29, 0.717) is 6.42 Å². The molecule has 0 aliphatic heterocycles. The van der Waals surface area contributed by atoms with Crippen molar-refractivity contribution in [2.24, 2.45) is 0 Å². The lowest BCUT2D eigenvalue weighted by Gasteiger charge is -2.25. The topological polar surface area (TPSA) is 20.2 Å². The second-order valence-corrected chi connectivity index (χ2v) is 6.66. The van der Waals surface area contributed by atoms with E-state index in [9.17, 15) is 5.11 Å². The van der Waals surface area contributed by atoms with E-state index in [-0.39, 0.29) is 0 Å². The first-order valence-electron chi connectivity index (χ1n) is 5.71. The third-order valence-corrected chi connectivity index (χ3v) is 4.33. The maximum absolute atomic E-state index is 10.7. The smallest absolute Gasteiger partial charge is 0.0919 e. The minimum Gasteiger partial charge on any atom is -0.385 e.